The molecule has 0 bridgehead atoms. The van der Waals surface area contributed by atoms with Crippen molar-refractivity contribution in [3.8, 4) is 5.75 Å². The number of benzene rings is 1. The van der Waals surface area contributed by atoms with Crippen molar-refractivity contribution in [2.24, 2.45) is 0 Å². The molecule has 1 aliphatic rings. The van der Waals surface area contributed by atoms with E-state index in [4.69, 9.17) is 9.15 Å². The Hall–Kier alpha value is -1.88. The number of furan rings is 1. The molecule has 1 amide bonds. The fourth-order valence-corrected chi connectivity index (χ4v) is 3.51. The Kier molecular flexibility index (Phi) is 4.20. The molecular formula is C16H17NO3S. The fraction of sp³-hybridized carbons (Fsp3) is 0.312. The highest BCUT2D eigenvalue weighted by Crippen LogP contribution is 2.38. The number of nitrogens with zero attached hydrogens (tertiary/aromatic N) is 1. The first-order valence-corrected chi connectivity index (χ1v) is 7.94. The number of amides is 1. The lowest BCUT2D eigenvalue weighted by Crippen LogP contribution is -2.34. The second-order valence-electron chi connectivity index (χ2n) is 4.86. The molecule has 0 radical (unpaired) electrons. The van der Waals surface area contributed by atoms with Gasteiger partial charge in [-0.1, -0.05) is 18.2 Å². The number of ether oxygens (including phenoxy) is 1. The molecular weight excluding hydrogens is 286 g/mol. The van der Waals surface area contributed by atoms with Gasteiger partial charge in [0.2, 0.25) is 0 Å². The van der Waals surface area contributed by atoms with Crippen molar-refractivity contribution in [1.82, 2.24) is 4.90 Å². The van der Waals surface area contributed by atoms with Crippen LogP contribution in [0, 0.1) is 6.92 Å². The molecule has 1 atom stereocenters. The van der Waals surface area contributed by atoms with Gasteiger partial charge in [0, 0.05) is 12.3 Å². The van der Waals surface area contributed by atoms with Crippen LogP contribution in [-0.4, -0.2) is 29.7 Å². The van der Waals surface area contributed by atoms with E-state index in [1.807, 2.05) is 54.3 Å². The Morgan fingerprint density at radius 2 is 2.14 bits per heavy atom. The predicted molar refractivity (Wildman–Crippen MR) is 82.3 cm³/mol. The van der Waals surface area contributed by atoms with Gasteiger partial charge < -0.3 is 14.1 Å². The van der Waals surface area contributed by atoms with Gasteiger partial charge in [-0.3, -0.25) is 4.79 Å². The molecule has 1 saturated heterocycles. The van der Waals surface area contributed by atoms with E-state index in [9.17, 15) is 4.79 Å². The number of thioether (sulfide) groups is 1. The summed E-state index contributed by atoms with van der Waals surface area (Å²) in [4.78, 5) is 14.2. The summed E-state index contributed by atoms with van der Waals surface area (Å²) in [7, 11) is 0. The highest BCUT2D eigenvalue weighted by Gasteiger charge is 2.32. The van der Waals surface area contributed by atoms with Crippen LogP contribution in [0.1, 0.15) is 16.9 Å². The minimum Gasteiger partial charge on any atom is -0.484 e. The van der Waals surface area contributed by atoms with Crippen LogP contribution in [0.25, 0.3) is 0 Å². The molecule has 0 N–H and O–H groups in total. The van der Waals surface area contributed by atoms with Crippen LogP contribution in [0.3, 0.4) is 0 Å². The van der Waals surface area contributed by atoms with Crippen LogP contribution in [0.4, 0.5) is 0 Å². The highest BCUT2D eigenvalue weighted by atomic mass is 32.2. The molecule has 1 aromatic heterocycles. The van der Waals surface area contributed by atoms with Crippen molar-refractivity contribution in [3.63, 3.8) is 0 Å². The summed E-state index contributed by atoms with van der Waals surface area (Å²) < 4.78 is 11.2. The molecule has 0 saturated carbocycles. The largest absolute Gasteiger partial charge is 0.484 e. The monoisotopic (exact) mass is 303 g/mol. The Morgan fingerprint density at radius 1 is 1.33 bits per heavy atom. The van der Waals surface area contributed by atoms with Crippen molar-refractivity contribution >= 4 is 17.7 Å². The van der Waals surface area contributed by atoms with E-state index in [0.29, 0.717) is 5.75 Å². The molecule has 0 spiro atoms. The third kappa shape index (κ3) is 3.24. The Labute approximate surface area is 128 Å². The Balaban J connectivity index is 1.63. The van der Waals surface area contributed by atoms with Crippen LogP contribution in [0.5, 0.6) is 5.75 Å². The molecule has 1 aromatic carbocycles. The smallest absolute Gasteiger partial charge is 0.261 e. The van der Waals surface area contributed by atoms with Crippen molar-refractivity contribution in [1.29, 1.82) is 0 Å². The predicted octanol–water partition coefficient (Wildman–Crippen LogP) is 3.24. The normalized spacial score (nSPS) is 18.0. The van der Waals surface area contributed by atoms with Crippen LogP contribution in [-0.2, 0) is 4.79 Å². The van der Waals surface area contributed by atoms with Crippen molar-refractivity contribution in [2.75, 3.05) is 18.9 Å². The zero-order valence-corrected chi connectivity index (χ0v) is 12.6. The molecule has 1 fully saturated rings. The maximum absolute atomic E-state index is 12.4. The maximum Gasteiger partial charge on any atom is 0.261 e. The van der Waals surface area contributed by atoms with Crippen LogP contribution in [0.15, 0.2) is 46.9 Å². The Bertz CT molecular complexity index is 611. The molecule has 4 nitrogen and oxygen atoms in total. The minimum absolute atomic E-state index is 0.0112. The van der Waals surface area contributed by atoms with Gasteiger partial charge in [-0.15, -0.1) is 11.8 Å². The average Bonchev–Trinajstić information content (AvgIpc) is 3.14. The SMILES string of the molecule is Cc1ccc(C2SCCN2C(=O)COc2ccccc2)o1. The lowest BCUT2D eigenvalue weighted by Gasteiger charge is -2.22. The van der Waals surface area contributed by atoms with E-state index in [0.717, 1.165) is 23.8 Å². The summed E-state index contributed by atoms with van der Waals surface area (Å²) in [5.41, 5.74) is 0. The van der Waals surface area contributed by atoms with E-state index < -0.39 is 0 Å². The molecule has 1 aliphatic heterocycles. The first-order chi connectivity index (χ1) is 10.2. The lowest BCUT2D eigenvalue weighted by atomic mass is 10.3. The minimum atomic E-state index is -0.0365. The molecule has 1 unspecified atom stereocenters. The number of carbonyl (C=O) groups is 1. The van der Waals surface area contributed by atoms with Gasteiger partial charge in [-0.2, -0.15) is 0 Å². The third-order valence-corrected chi connectivity index (χ3v) is 4.54. The van der Waals surface area contributed by atoms with Gasteiger partial charge in [0.25, 0.3) is 5.91 Å². The number of carbonyl (C=O) groups excluding carboxylic acids is 1. The molecule has 3 rings (SSSR count). The molecule has 0 aliphatic carbocycles. The summed E-state index contributed by atoms with van der Waals surface area (Å²) >= 11 is 1.72. The lowest BCUT2D eigenvalue weighted by molar-refractivity contribution is -0.133. The Morgan fingerprint density at radius 3 is 2.86 bits per heavy atom. The number of hydrogen-bond donors (Lipinski definition) is 0. The quantitative estimate of drug-likeness (QED) is 0.869. The maximum atomic E-state index is 12.4. The zero-order chi connectivity index (χ0) is 14.7. The highest BCUT2D eigenvalue weighted by molar-refractivity contribution is 7.99. The summed E-state index contributed by atoms with van der Waals surface area (Å²) in [5.74, 6) is 3.32. The van der Waals surface area contributed by atoms with Gasteiger partial charge in [-0.25, -0.2) is 0 Å². The van der Waals surface area contributed by atoms with E-state index >= 15 is 0 Å². The first kappa shape index (κ1) is 14.1. The van der Waals surface area contributed by atoms with Crippen molar-refractivity contribution < 1.29 is 13.9 Å². The van der Waals surface area contributed by atoms with Crippen molar-refractivity contribution in [3.05, 3.63) is 54.0 Å². The van der Waals surface area contributed by atoms with Crippen LogP contribution >= 0.6 is 11.8 Å². The van der Waals surface area contributed by atoms with E-state index in [1.165, 1.54) is 0 Å². The van der Waals surface area contributed by atoms with Crippen LogP contribution < -0.4 is 4.74 Å². The summed E-state index contributed by atoms with van der Waals surface area (Å²) in [5, 5.41) is -0.0365. The van der Waals surface area contributed by atoms with Crippen molar-refractivity contribution in [2.45, 2.75) is 12.3 Å². The van der Waals surface area contributed by atoms with Gasteiger partial charge in [0.05, 0.1) is 0 Å². The van der Waals surface area contributed by atoms with Gasteiger partial charge in [-0.05, 0) is 31.2 Å². The molecule has 110 valence electrons. The first-order valence-electron chi connectivity index (χ1n) is 6.89. The number of hydrogen-bond acceptors (Lipinski definition) is 4. The molecule has 2 aromatic rings. The average molecular weight is 303 g/mol. The fourth-order valence-electron chi connectivity index (χ4n) is 2.29. The van der Waals surface area contributed by atoms with Gasteiger partial charge in [0.1, 0.15) is 22.6 Å². The van der Waals surface area contributed by atoms with Gasteiger partial charge >= 0.3 is 0 Å². The molecule has 21 heavy (non-hydrogen) atoms. The second kappa shape index (κ2) is 6.26. The van der Waals surface area contributed by atoms with Crippen LogP contribution in [0.2, 0.25) is 0 Å². The molecule has 5 heteroatoms. The topological polar surface area (TPSA) is 42.7 Å². The van der Waals surface area contributed by atoms with E-state index in [-0.39, 0.29) is 17.9 Å². The summed E-state index contributed by atoms with van der Waals surface area (Å²) in [6, 6.07) is 13.3. The van der Waals surface area contributed by atoms with E-state index in [2.05, 4.69) is 0 Å². The molecule has 2 heterocycles. The second-order valence-corrected chi connectivity index (χ2v) is 6.05. The number of aryl methyl sites for hydroxylation is 1. The standard InChI is InChI=1S/C16H17NO3S/c1-12-7-8-14(20-12)16-17(9-10-21-16)15(18)11-19-13-5-3-2-4-6-13/h2-8,16H,9-11H2,1H3. The summed E-state index contributed by atoms with van der Waals surface area (Å²) in [6.07, 6.45) is 0. The summed E-state index contributed by atoms with van der Waals surface area (Å²) in [6.45, 7) is 2.70. The zero-order valence-electron chi connectivity index (χ0n) is 11.8. The third-order valence-electron chi connectivity index (χ3n) is 3.32. The number of rotatable bonds is 4. The van der Waals surface area contributed by atoms with E-state index in [1.54, 1.807) is 11.8 Å². The number of para-hydroxylation sites is 1. The van der Waals surface area contributed by atoms with Gasteiger partial charge in [0.15, 0.2) is 6.61 Å².